The second-order valence-corrected chi connectivity index (χ2v) is 6.17. The lowest BCUT2D eigenvalue weighted by molar-refractivity contribution is 0.477. The zero-order chi connectivity index (χ0) is 14.8. The predicted octanol–water partition coefficient (Wildman–Crippen LogP) is 0.458. The molecule has 1 aromatic carbocycles. The van der Waals surface area contributed by atoms with Crippen molar-refractivity contribution in [1.29, 1.82) is 0 Å². The normalized spacial score (nSPS) is 11.7. The molecular formula is C12H16N4O3S. The second-order valence-electron chi connectivity index (χ2n) is 4.40. The van der Waals surface area contributed by atoms with Gasteiger partial charge in [0.1, 0.15) is 5.75 Å². The molecule has 0 radical (unpaired) electrons. The third-order valence-corrected chi connectivity index (χ3v) is 4.16. The van der Waals surface area contributed by atoms with Gasteiger partial charge in [0, 0.05) is 12.7 Å². The third kappa shape index (κ3) is 3.28. The van der Waals surface area contributed by atoms with Crippen molar-refractivity contribution < 1.29 is 13.5 Å². The number of aryl methyl sites for hydroxylation is 1. The molecule has 0 aliphatic heterocycles. The van der Waals surface area contributed by atoms with Crippen molar-refractivity contribution in [2.24, 2.45) is 0 Å². The topological polar surface area (TPSA) is 110 Å². The highest BCUT2D eigenvalue weighted by Gasteiger charge is 2.14. The number of sulfonamides is 1. The standard InChI is InChI=1S/C12H16N4O3S/c1-9-7-14-16(8-9)5-4-15-20(18,19)10-2-3-12(17)11(13)6-10/h2-3,6-8,15,17H,4-5,13H2,1H3. The van der Waals surface area contributed by atoms with Gasteiger partial charge in [0.2, 0.25) is 10.0 Å². The Kier molecular flexibility index (Phi) is 3.96. The summed E-state index contributed by atoms with van der Waals surface area (Å²) in [5.74, 6) is -0.143. The van der Waals surface area contributed by atoms with Gasteiger partial charge < -0.3 is 10.8 Å². The van der Waals surface area contributed by atoms with E-state index in [-0.39, 0.29) is 22.9 Å². The van der Waals surface area contributed by atoms with Crippen molar-refractivity contribution in [2.75, 3.05) is 12.3 Å². The summed E-state index contributed by atoms with van der Waals surface area (Å²) >= 11 is 0. The molecular weight excluding hydrogens is 280 g/mol. The van der Waals surface area contributed by atoms with Gasteiger partial charge in [0.15, 0.2) is 0 Å². The van der Waals surface area contributed by atoms with Crippen LogP contribution < -0.4 is 10.5 Å². The molecule has 0 atom stereocenters. The first kappa shape index (κ1) is 14.4. The number of nitrogens with zero attached hydrogens (tertiary/aromatic N) is 2. The highest BCUT2D eigenvalue weighted by molar-refractivity contribution is 7.89. The number of nitrogens with two attached hydrogens (primary N) is 1. The molecule has 0 saturated heterocycles. The molecule has 7 nitrogen and oxygen atoms in total. The van der Waals surface area contributed by atoms with Gasteiger partial charge in [0.05, 0.1) is 23.3 Å². The number of hydrogen-bond donors (Lipinski definition) is 3. The van der Waals surface area contributed by atoms with Crippen LogP contribution in [-0.2, 0) is 16.6 Å². The van der Waals surface area contributed by atoms with Gasteiger partial charge in [-0.1, -0.05) is 0 Å². The molecule has 4 N–H and O–H groups in total. The zero-order valence-electron chi connectivity index (χ0n) is 10.9. The zero-order valence-corrected chi connectivity index (χ0v) is 11.8. The van der Waals surface area contributed by atoms with E-state index >= 15 is 0 Å². The lowest BCUT2D eigenvalue weighted by Crippen LogP contribution is -2.27. The predicted molar refractivity (Wildman–Crippen MR) is 74.7 cm³/mol. The summed E-state index contributed by atoms with van der Waals surface area (Å²) in [6.45, 7) is 2.55. The summed E-state index contributed by atoms with van der Waals surface area (Å²) in [5.41, 5.74) is 6.52. The van der Waals surface area contributed by atoms with Gasteiger partial charge in [-0.3, -0.25) is 4.68 Å². The number of hydrogen-bond acceptors (Lipinski definition) is 5. The van der Waals surface area contributed by atoms with E-state index in [2.05, 4.69) is 9.82 Å². The molecule has 0 amide bonds. The van der Waals surface area contributed by atoms with E-state index in [0.29, 0.717) is 6.54 Å². The summed E-state index contributed by atoms with van der Waals surface area (Å²) in [5, 5.41) is 13.3. The van der Waals surface area contributed by atoms with Gasteiger partial charge in [-0.05, 0) is 30.7 Å². The van der Waals surface area contributed by atoms with Crippen molar-refractivity contribution >= 4 is 15.7 Å². The van der Waals surface area contributed by atoms with Crippen LogP contribution in [0.5, 0.6) is 5.75 Å². The summed E-state index contributed by atoms with van der Waals surface area (Å²) in [4.78, 5) is 0.0180. The minimum Gasteiger partial charge on any atom is -0.506 e. The van der Waals surface area contributed by atoms with Crippen LogP contribution in [0.4, 0.5) is 5.69 Å². The number of nitrogens with one attached hydrogen (secondary N) is 1. The lowest BCUT2D eigenvalue weighted by Gasteiger charge is -2.08. The van der Waals surface area contributed by atoms with Crippen LogP contribution in [0.2, 0.25) is 0 Å². The Morgan fingerprint density at radius 2 is 2.20 bits per heavy atom. The molecule has 20 heavy (non-hydrogen) atoms. The van der Waals surface area contributed by atoms with Crippen LogP contribution in [0, 0.1) is 6.92 Å². The van der Waals surface area contributed by atoms with Crippen molar-refractivity contribution in [1.82, 2.24) is 14.5 Å². The second kappa shape index (κ2) is 5.51. The smallest absolute Gasteiger partial charge is 0.240 e. The summed E-state index contributed by atoms with van der Waals surface area (Å²) in [7, 11) is -3.65. The number of phenols is 1. The SMILES string of the molecule is Cc1cnn(CCNS(=O)(=O)c2ccc(O)c(N)c2)c1. The Morgan fingerprint density at radius 3 is 2.80 bits per heavy atom. The number of aromatic hydroxyl groups is 1. The van der Waals surface area contributed by atoms with Gasteiger partial charge in [0.25, 0.3) is 0 Å². The fraction of sp³-hybridized carbons (Fsp3) is 0.250. The molecule has 0 unspecified atom stereocenters. The maximum Gasteiger partial charge on any atom is 0.240 e. The molecule has 108 valence electrons. The Labute approximate surface area is 117 Å². The quantitative estimate of drug-likeness (QED) is 0.548. The molecule has 0 spiro atoms. The Balaban J connectivity index is 2.02. The first-order chi connectivity index (χ1) is 9.38. The minimum atomic E-state index is -3.65. The van der Waals surface area contributed by atoms with E-state index < -0.39 is 10.0 Å². The highest BCUT2D eigenvalue weighted by Crippen LogP contribution is 2.22. The van der Waals surface area contributed by atoms with Gasteiger partial charge >= 0.3 is 0 Å². The molecule has 8 heteroatoms. The van der Waals surface area contributed by atoms with E-state index in [9.17, 15) is 13.5 Å². The molecule has 0 saturated carbocycles. The third-order valence-electron chi connectivity index (χ3n) is 2.70. The Bertz CT molecular complexity index is 709. The molecule has 0 fully saturated rings. The van der Waals surface area contributed by atoms with Crippen molar-refractivity contribution in [3.05, 3.63) is 36.2 Å². The van der Waals surface area contributed by atoms with E-state index in [1.165, 1.54) is 18.2 Å². The maximum atomic E-state index is 12.0. The van der Waals surface area contributed by atoms with Crippen LogP contribution in [0.25, 0.3) is 0 Å². The fourth-order valence-corrected chi connectivity index (χ4v) is 2.72. The number of benzene rings is 1. The highest BCUT2D eigenvalue weighted by atomic mass is 32.2. The number of phenolic OH excluding ortho intramolecular Hbond substituents is 1. The van der Waals surface area contributed by atoms with Crippen LogP contribution in [-0.4, -0.2) is 29.8 Å². The van der Waals surface area contributed by atoms with Gasteiger partial charge in [-0.2, -0.15) is 5.10 Å². The van der Waals surface area contributed by atoms with Gasteiger partial charge in [-0.15, -0.1) is 0 Å². The Hall–Kier alpha value is -2.06. The maximum absolute atomic E-state index is 12.0. The molecule has 2 rings (SSSR count). The average molecular weight is 296 g/mol. The van der Waals surface area contributed by atoms with Crippen molar-refractivity contribution in [2.45, 2.75) is 18.4 Å². The number of anilines is 1. The fourth-order valence-electron chi connectivity index (χ4n) is 1.67. The van der Waals surface area contributed by atoms with E-state index in [1.54, 1.807) is 10.9 Å². The number of aromatic nitrogens is 2. The molecule has 2 aromatic rings. The molecule has 0 bridgehead atoms. The van der Waals surface area contributed by atoms with E-state index in [1.807, 2.05) is 13.1 Å². The number of nitrogen functional groups attached to an aromatic ring is 1. The van der Waals surface area contributed by atoms with Crippen LogP contribution >= 0.6 is 0 Å². The van der Waals surface area contributed by atoms with Crippen LogP contribution in [0.15, 0.2) is 35.5 Å². The van der Waals surface area contributed by atoms with Crippen molar-refractivity contribution in [3.8, 4) is 5.75 Å². The summed E-state index contributed by atoms with van der Waals surface area (Å²) < 4.78 is 28.1. The molecule has 0 aliphatic rings. The first-order valence-electron chi connectivity index (χ1n) is 5.96. The van der Waals surface area contributed by atoms with Crippen LogP contribution in [0.3, 0.4) is 0 Å². The molecule has 1 aromatic heterocycles. The van der Waals surface area contributed by atoms with Crippen LogP contribution in [0.1, 0.15) is 5.56 Å². The lowest BCUT2D eigenvalue weighted by atomic mass is 10.3. The molecule has 0 aliphatic carbocycles. The van der Waals surface area contributed by atoms with E-state index in [0.717, 1.165) is 5.56 Å². The average Bonchev–Trinajstić information content (AvgIpc) is 2.78. The minimum absolute atomic E-state index is 0.0180. The van der Waals surface area contributed by atoms with Crippen molar-refractivity contribution in [3.63, 3.8) is 0 Å². The largest absolute Gasteiger partial charge is 0.506 e. The van der Waals surface area contributed by atoms with E-state index in [4.69, 9.17) is 5.73 Å². The monoisotopic (exact) mass is 296 g/mol. The Morgan fingerprint density at radius 1 is 1.45 bits per heavy atom. The number of rotatable bonds is 5. The summed E-state index contributed by atoms with van der Waals surface area (Å²) in [6.07, 6.45) is 3.53. The summed E-state index contributed by atoms with van der Waals surface area (Å²) in [6, 6.07) is 3.77. The first-order valence-corrected chi connectivity index (χ1v) is 7.44. The van der Waals surface area contributed by atoms with Gasteiger partial charge in [-0.25, -0.2) is 13.1 Å². The molecule has 1 heterocycles.